The highest BCUT2D eigenvalue weighted by Crippen LogP contribution is 2.31. The van der Waals surface area contributed by atoms with E-state index in [1.165, 1.54) is 6.42 Å². The van der Waals surface area contributed by atoms with Crippen molar-refractivity contribution >= 4 is 5.97 Å². The molecule has 0 radical (unpaired) electrons. The second kappa shape index (κ2) is 5.80. The van der Waals surface area contributed by atoms with Crippen LogP contribution < -0.4 is 5.32 Å². The van der Waals surface area contributed by atoms with E-state index in [0.717, 1.165) is 13.1 Å². The van der Waals surface area contributed by atoms with Gasteiger partial charge in [0.25, 0.3) is 0 Å². The van der Waals surface area contributed by atoms with Crippen molar-refractivity contribution < 1.29 is 9.90 Å². The number of carboxylic acid groups (broad SMARTS) is 1. The van der Waals surface area contributed by atoms with E-state index in [1.807, 2.05) is 13.8 Å². The minimum absolute atomic E-state index is 0.170. The number of carboxylic acids is 1. The predicted molar refractivity (Wildman–Crippen MR) is 78.4 cm³/mol. The molecular weight excluding hydrogens is 240 g/mol. The summed E-state index contributed by atoms with van der Waals surface area (Å²) < 4.78 is 0. The Kier molecular flexibility index (Phi) is 5.02. The van der Waals surface area contributed by atoms with Gasteiger partial charge in [-0.05, 0) is 52.5 Å². The van der Waals surface area contributed by atoms with Gasteiger partial charge in [-0.3, -0.25) is 10.1 Å². The maximum Gasteiger partial charge on any atom is 0.323 e. The third-order valence-electron chi connectivity index (χ3n) is 4.11. The number of hydrogen-bond acceptors (Lipinski definition) is 3. The van der Waals surface area contributed by atoms with Crippen LogP contribution in [-0.4, -0.2) is 46.7 Å². The lowest BCUT2D eigenvalue weighted by Gasteiger charge is -2.35. The number of rotatable bonds is 6. The molecule has 1 aliphatic rings. The summed E-state index contributed by atoms with van der Waals surface area (Å²) in [5, 5.41) is 12.7. The zero-order chi connectivity index (χ0) is 14.8. The van der Waals surface area contributed by atoms with Crippen molar-refractivity contribution in [3.8, 4) is 0 Å². The van der Waals surface area contributed by atoms with Gasteiger partial charge < -0.3 is 10.0 Å². The number of aliphatic carboxylic acids is 1. The average molecular weight is 270 g/mol. The molecule has 1 aliphatic heterocycles. The van der Waals surface area contributed by atoms with E-state index < -0.39 is 11.5 Å². The second-order valence-corrected chi connectivity index (χ2v) is 7.37. The molecule has 4 heteroatoms. The van der Waals surface area contributed by atoms with Crippen LogP contribution in [0.2, 0.25) is 0 Å². The van der Waals surface area contributed by atoms with Crippen molar-refractivity contribution in [3.63, 3.8) is 0 Å². The number of hydrogen-bond donors (Lipinski definition) is 2. The first kappa shape index (κ1) is 16.4. The van der Waals surface area contributed by atoms with Gasteiger partial charge in [0.05, 0.1) is 0 Å². The summed E-state index contributed by atoms with van der Waals surface area (Å²) in [6, 6.07) is 0.456. The first-order valence-corrected chi connectivity index (χ1v) is 7.31. The molecule has 1 rings (SSSR count). The zero-order valence-corrected chi connectivity index (χ0v) is 13.3. The van der Waals surface area contributed by atoms with Gasteiger partial charge in [0.2, 0.25) is 0 Å². The Labute approximate surface area is 117 Å². The lowest BCUT2D eigenvalue weighted by atomic mass is 9.91. The van der Waals surface area contributed by atoms with E-state index in [9.17, 15) is 9.90 Å². The fourth-order valence-corrected chi connectivity index (χ4v) is 3.10. The fourth-order valence-electron chi connectivity index (χ4n) is 3.10. The quantitative estimate of drug-likeness (QED) is 0.778. The van der Waals surface area contributed by atoms with Crippen LogP contribution in [0, 0.1) is 5.41 Å². The molecule has 2 unspecified atom stereocenters. The van der Waals surface area contributed by atoms with Crippen molar-refractivity contribution in [1.82, 2.24) is 10.2 Å². The molecule has 0 amide bonds. The molecule has 0 aromatic carbocycles. The molecule has 4 nitrogen and oxygen atoms in total. The molecule has 0 bridgehead atoms. The SMILES string of the molecule is CC(C)NC(C)(CC(C)N1CCC(C)(C)C1)C(=O)O. The summed E-state index contributed by atoms with van der Waals surface area (Å²) in [6.45, 7) is 14.6. The van der Waals surface area contributed by atoms with E-state index >= 15 is 0 Å². The summed E-state index contributed by atoms with van der Waals surface area (Å²) in [7, 11) is 0. The van der Waals surface area contributed by atoms with Crippen LogP contribution in [0.4, 0.5) is 0 Å². The van der Waals surface area contributed by atoms with Crippen LogP contribution in [0.15, 0.2) is 0 Å². The molecule has 0 saturated carbocycles. The highest BCUT2D eigenvalue weighted by atomic mass is 16.4. The lowest BCUT2D eigenvalue weighted by Crippen LogP contribution is -2.55. The van der Waals surface area contributed by atoms with Crippen molar-refractivity contribution in [3.05, 3.63) is 0 Å². The Morgan fingerprint density at radius 1 is 1.42 bits per heavy atom. The van der Waals surface area contributed by atoms with E-state index in [-0.39, 0.29) is 12.1 Å². The second-order valence-electron chi connectivity index (χ2n) is 7.37. The summed E-state index contributed by atoms with van der Waals surface area (Å²) in [4.78, 5) is 14.0. The Balaban J connectivity index is 2.67. The van der Waals surface area contributed by atoms with E-state index in [4.69, 9.17) is 0 Å². The maximum atomic E-state index is 11.6. The van der Waals surface area contributed by atoms with E-state index in [0.29, 0.717) is 11.8 Å². The molecule has 1 saturated heterocycles. The number of carbonyl (C=O) groups is 1. The molecule has 0 aromatic heterocycles. The highest BCUT2D eigenvalue weighted by molar-refractivity contribution is 5.78. The van der Waals surface area contributed by atoms with E-state index in [2.05, 4.69) is 31.0 Å². The molecule has 19 heavy (non-hydrogen) atoms. The summed E-state index contributed by atoms with van der Waals surface area (Å²) in [5.41, 5.74) is -0.486. The summed E-state index contributed by atoms with van der Waals surface area (Å²) in [5.74, 6) is -0.758. The first-order valence-electron chi connectivity index (χ1n) is 7.31. The van der Waals surface area contributed by atoms with Gasteiger partial charge in [-0.25, -0.2) is 0 Å². The minimum Gasteiger partial charge on any atom is -0.480 e. The third-order valence-corrected chi connectivity index (χ3v) is 4.11. The van der Waals surface area contributed by atoms with Crippen LogP contribution in [0.25, 0.3) is 0 Å². The number of nitrogens with zero attached hydrogens (tertiary/aromatic N) is 1. The molecule has 2 N–H and O–H groups in total. The van der Waals surface area contributed by atoms with Crippen molar-refractivity contribution in [2.75, 3.05) is 13.1 Å². The third kappa shape index (κ3) is 4.46. The van der Waals surface area contributed by atoms with Crippen LogP contribution in [-0.2, 0) is 4.79 Å². The van der Waals surface area contributed by atoms with Crippen LogP contribution in [0.1, 0.15) is 54.4 Å². The van der Waals surface area contributed by atoms with Gasteiger partial charge in [0.1, 0.15) is 5.54 Å². The smallest absolute Gasteiger partial charge is 0.323 e. The van der Waals surface area contributed by atoms with E-state index in [1.54, 1.807) is 6.92 Å². The average Bonchev–Trinajstić information content (AvgIpc) is 2.57. The van der Waals surface area contributed by atoms with Crippen LogP contribution >= 0.6 is 0 Å². The Hall–Kier alpha value is -0.610. The highest BCUT2D eigenvalue weighted by Gasteiger charge is 2.39. The van der Waals surface area contributed by atoms with Gasteiger partial charge >= 0.3 is 5.97 Å². The monoisotopic (exact) mass is 270 g/mol. The molecule has 2 atom stereocenters. The molecule has 112 valence electrons. The topological polar surface area (TPSA) is 52.6 Å². The molecule has 1 fully saturated rings. The molecule has 0 spiro atoms. The normalized spacial score (nSPS) is 24.4. The van der Waals surface area contributed by atoms with Crippen molar-refractivity contribution in [2.45, 2.75) is 72.0 Å². The van der Waals surface area contributed by atoms with Crippen molar-refractivity contribution in [2.24, 2.45) is 5.41 Å². The fraction of sp³-hybridized carbons (Fsp3) is 0.933. The maximum absolute atomic E-state index is 11.6. The summed E-state index contributed by atoms with van der Waals surface area (Å²) in [6.07, 6.45) is 1.83. The molecular formula is C15H30N2O2. The largest absolute Gasteiger partial charge is 0.480 e. The predicted octanol–water partition coefficient (Wildman–Crippen LogP) is 2.34. The molecule has 1 heterocycles. The van der Waals surface area contributed by atoms with Gasteiger partial charge in [-0.1, -0.05) is 13.8 Å². The minimum atomic E-state index is -0.847. The van der Waals surface area contributed by atoms with Gasteiger partial charge in [-0.15, -0.1) is 0 Å². The van der Waals surface area contributed by atoms with Crippen molar-refractivity contribution in [1.29, 1.82) is 0 Å². The Morgan fingerprint density at radius 3 is 2.37 bits per heavy atom. The zero-order valence-electron chi connectivity index (χ0n) is 13.3. The standard InChI is InChI=1S/C15H30N2O2/c1-11(2)16-15(6,13(18)19)9-12(3)17-8-7-14(4,5)10-17/h11-12,16H,7-10H2,1-6H3,(H,18,19). The Bertz CT molecular complexity index is 328. The van der Waals surface area contributed by atoms with Gasteiger partial charge in [0.15, 0.2) is 0 Å². The first-order chi connectivity index (χ1) is 8.56. The summed E-state index contributed by atoms with van der Waals surface area (Å²) >= 11 is 0. The number of likely N-dealkylation sites (tertiary alicyclic amines) is 1. The van der Waals surface area contributed by atoms with Crippen LogP contribution in [0.3, 0.4) is 0 Å². The van der Waals surface area contributed by atoms with Gasteiger partial charge in [-0.2, -0.15) is 0 Å². The Morgan fingerprint density at radius 2 is 2.00 bits per heavy atom. The van der Waals surface area contributed by atoms with Gasteiger partial charge in [0, 0.05) is 18.6 Å². The number of nitrogens with one attached hydrogen (secondary N) is 1. The molecule has 0 aromatic rings. The van der Waals surface area contributed by atoms with Crippen LogP contribution in [0.5, 0.6) is 0 Å². The molecule has 0 aliphatic carbocycles. The lowest BCUT2D eigenvalue weighted by molar-refractivity contribution is -0.145.